The van der Waals surface area contributed by atoms with Crippen LogP contribution in [0.1, 0.15) is 12.8 Å². The van der Waals surface area contributed by atoms with Crippen LogP contribution in [0.5, 0.6) is 0 Å². The van der Waals surface area contributed by atoms with E-state index in [1.807, 2.05) is 0 Å². The second-order valence-corrected chi connectivity index (χ2v) is 4.03. The number of piperazine rings is 1. The lowest BCUT2D eigenvalue weighted by atomic mass is 9.78. The summed E-state index contributed by atoms with van der Waals surface area (Å²) >= 11 is 0. The maximum absolute atomic E-state index is 11.9. The van der Waals surface area contributed by atoms with Crippen LogP contribution in [0.25, 0.3) is 0 Å². The van der Waals surface area contributed by atoms with Gasteiger partial charge < -0.3 is 14.9 Å². The number of carbonyl (C=O) groups is 3. The minimum Gasteiger partial charge on any atom is -0.479 e. The Balaban J connectivity index is 2.55. The summed E-state index contributed by atoms with van der Waals surface area (Å²) < 4.78 is 0. The highest BCUT2D eigenvalue weighted by atomic mass is 16.4. The monoisotopic (exact) mass is 212 g/mol. The lowest BCUT2D eigenvalue weighted by molar-refractivity contribution is -0.185. The SMILES string of the molecule is CN1C(=O)C2(C(=O)O)CCC1C(=O)N2C. The van der Waals surface area contributed by atoms with Gasteiger partial charge in [-0.3, -0.25) is 9.59 Å². The molecule has 2 atom stereocenters. The highest BCUT2D eigenvalue weighted by molar-refractivity contribution is 6.14. The van der Waals surface area contributed by atoms with E-state index in [0.717, 1.165) is 4.90 Å². The molecule has 0 radical (unpaired) electrons. The van der Waals surface area contributed by atoms with E-state index in [9.17, 15) is 14.4 Å². The molecule has 0 aromatic rings. The number of nitrogens with zero attached hydrogens (tertiary/aromatic N) is 2. The lowest BCUT2D eigenvalue weighted by Gasteiger charge is -2.52. The lowest BCUT2D eigenvalue weighted by Crippen LogP contribution is -2.76. The molecule has 6 heteroatoms. The number of fused-ring (bicyclic) bond motifs is 3. The van der Waals surface area contributed by atoms with E-state index >= 15 is 0 Å². The Morgan fingerprint density at radius 3 is 2.60 bits per heavy atom. The maximum Gasteiger partial charge on any atom is 0.339 e. The quantitative estimate of drug-likeness (QED) is 0.560. The summed E-state index contributed by atoms with van der Waals surface area (Å²) in [7, 11) is 2.86. The zero-order valence-corrected chi connectivity index (χ0v) is 8.56. The summed E-state index contributed by atoms with van der Waals surface area (Å²) in [6, 6.07) is -0.483. The smallest absolute Gasteiger partial charge is 0.339 e. The Kier molecular flexibility index (Phi) is 1.80. The van der Waals surface area contributed by atoms with Gasteiger partial charge in [0.2, 0.25) is 11.4 Å². The van der Waals surface area contributed by atoms with E-state index in [1.54, 1.807) is 0 Å². The van der Waals surface area contributed by atoms with E-state index in [-0.39, 0.29) is 12.3 Å². The first-order valence-corrected chi connectivity index (χ1v) is 4.71. The molecule has 3 aliphatic heterocycles. The van der Waals surface area contributed by atoms with Gasteiger partial charge in [-0.2, -0.15) is 0 Å². The molecule has 2 amide bonds. The first kappa shape index (κ1) is 9.95. The van der Waals surface area contributed by atoms with Crippen LogP contribution >= 0.6 is 0 Å². The molecule has 0 spiro atoms. The van der Waals surface area contributed by atoms with Crippen LogP contribution in [-0.2, 0) is 14.4 Å². The van der Waals surface area contributed by atoms with E-state index in [0.29, 0.717) is 6.42 Å². The third-order valence-electron chi connectivity index (χ3n) is 3.46. The number of likely N-dealkylation sites (N-methyl/N-ethyl adjacent to an activating group) is 2. The maximum atomic E-state index is 11.9. The molecule has 3 rings (SSSR count). The molecule has 1 N–H and O–H groups in total. The second-order valence-electron chi connectivity index (χ2n) is 4.03. The van der Waals surface area contributed by atoms with Gasteiger partial charge in [-0.05, 0) is 12.8 Å². The second kappa shape index (κ2) is 2.71. The fourth-order valence-electron chi connectivity index (χ4n) is 2.43. The summed E-state index contributed by atoms with van der Waals surface area (Å²) in [6.45, 7) is 0. The van der Waals surface area contributed by atoms with Crippen LogP contribution in [0.15, 0.2) is 0 Å². The molecular weight excluding hydrogens is 200 g/mol. The summed E-state index contributed by atoms with van der Waals surface area (Å²) in [5, 5.41) is 9.15. The van der Waals surface area contributed by atoms with Crippen LogP contribution in [-0.4, -0.2) is 58.4 Å². The number of carbonyl (C=O) groups excluding carboxylic acids is 2. The Morgan fingerprint density at radius 1 is 1.47 bits per heavy atom. The van der Waals surface area contributed by atoms with E-state index in [2.05, 4.69) is 0 Å². The Hall–Kier alpha value is -1.59. The molecular formula is C9H12N2O4. The zero-order valence-electron chi connectivity index (χ0n) is 8.56. The summed E-state index contributed by atoms with van der Waals surface area (Å²) in [5.74, 6) is -2.02. The summed E-state index contributed by atoms with van der Waals surface area (Å²) in [6.07, 6.45) is 0.635. The average molecular weight is 212 g/mol. The topological polar surface area (TPSA) is 77.9 Å². The summed E-state index contributed by atoms with van der Waals surface area (Å²) in [4.78, 5) is 37.1. The van der Waals surface area contributed by atoms with Crippen molar-refractivity contribution in [3.05, 3.63) is 0 Å². The molecule has 3 fully saturated rings. The number of carboxylic acids is 1. The Bertz CT molecular complexity index is 367. The molecule has 2 unspecified atom stereocenters. The van der Waals surface area contributed by atoms with Crippen molar-refractivity contribution in [2.75, 3.05) is 14.1 Å². The largest absolute Gasteiger partial charge is 0.479 e. The molecule has 0 saturated carbocycles. The van der Waals surface area contributed by atoms with Crippen LogP contribution in [0, 0.1) is 0 Å². The minimum atomic E-state index is -1.67. The number of hydrogen-bond donors (Lipinski definition) is 1. The van der Waals surface area contributed by atoms with E-state index in [4.69, 9.17) is 5.11 Å². The van der Waals surface area contributed by atoms with Gasteiger partial charge in [-0.25, -0.2) is 4.79 Å². The fourth-order valence-corrected chi connectivity index (χ4v) is 2.43. The van der Waals surface area contributed by atoms with Gasteiger partial charge in [-0.1, -0.05) is 0 Å². The number of amides is 2. The van der Waals surface area contributed by atoms with Crippen LogP contribution in [0.3, 0.4) is 0 Å². The van der Waals surface area contributed by atoms with Gasteiger partial charge in [0, 0.05) is 14.1 Å². The molecule has 6 nitrogen and oxygen atoms in total. The first-order valence-electron chi connectivity index (χ1n) is 4.71. The van der Waals surface area contributed by atoms with Crippen molar-refractivity contribution >= 4 is 17.8 Å². The molecule has 3 aliphatic rings. The predicted molar refractivity (Wildman–Crippen MR) is 48.9 cm³/mol. The molecule has 0 aromatic carbocycles. The van der Waals surface area contributed by atoms with Crippen LogP contribution in [0.4, 0.5) is 0 Å². The van der Waals surface area contributed by atoms with E-state index in [1.165, 1.54) is 19.0 Å². The van der Waals surface area contributed by atoms with Crippen LogP contribution < -0.4 is 0 Å². The van der Waals surface area contributed by atoms with E-state index < -0.39 is 23.5 Å². The normalized spacial score (nSPS) is 34.9. The molecule has 3 heterocycles. The van der Waals surface area contributed by atoms with Gasteiger partial charge in [0.05, 0.1) is 0 Å². The molecule has 3 saturated heterocycles. The molecule has 15 heavy (non-hydrogen) atoms. The zero-order chi connectivity index (χ0) is 11.4. The third kappa shape index (κ3) is 0.912. The standard InChI is InChI=1S/C9H12N2O4/c1-10-5-3-4-9(7(10)13,8(14)15)11(2)6(5)12/h5H,3-4H2,1-2H3,(H,14,15). The number of aliphatic carboxylic acids is 1. The van der Waals surface area contributed by atoms with Gasteiger partial charge in [0.15, 0.2) is 0 Å². The van der Waals surface area contributed by atoms with Gasteiger partial charge in [0.25, 0.3) is 5.91 Å². The number of rotatable bonds is 1. The molecule has 82 valence electrons. The van der Waals surface area contributed by atoms with Crippen molar-refractivity contribution in [1.82, 2.24) is 9.80 Å². The number of piperidine rings is 2. The van der Waals surface area contributed by atoms with Crippen molar-refractivity contribution < 1.29 is 19.5 Å². The Labute approximate surface area is 86.4 Å². The van der Waals surface area contributed by atoms with Crippen molar-refractivity contribution in [3.8, 4) is 0 Å². The minimum absolute atomic E-state index is 0.207. The fraction of sp³-hybridized carbons (Fsp3) is 0.667. The average Bonchev–Trinajstić information content (AvgIpc) is 2.18. The summed E-state index contributed by atoms with van der Waals surface area (Å²) in [5.41, 5.74) is -1.67. The van der Waals surface area contributed by atoms with Gasteiger partial charge in [-0.15, -0.1) is 0 Å². The van der Waals surface area contributed by atoms with Crippen molar-refractivity contribution in [2.24, 2.45) is 0 Å². The predicted octanol–water partition coefficient (Wildman–Crippen LogP) is -1.10. The first-order chi connectivity index (χ1) is 6.93. The van der Waals surface area contributed by atoms with Gasteiger partial charge in [0.1, 0.15) is 6.04 Å². The third-order valence-corrected chi connectivity index (χ3v) is 3.46. The molecule has 2 bridgehead atoms. The van der Waals surface area contributed by atoms with Crippen molar-refractivity contribution in [1.29, 1.82) is 0 Å². The molecule has 0 aromatic heterocycles. The van der Waals surface area contributed by atoms with Crippen molar-refractivity contribution in [2.45, 2.75) is 24.4 Å². The highest BCUT2D eigenvalue weighted by Crippen LogP contribution is 2.37. The van der Waals surface area contributed by atoms with Crippen molar-refractivity contribution in [3.63, 3.8) is 0 Å². The molecule has 0 aliphatic carbocycles. The number of carboxylic acid groups (broad SMARTS) is 1. The highest BCUT2D eigenvalue weighted by Gasteiger charge is 2.62. The van der Waals surface area contributed by atoms with Crippen LogP contribution in [0.2, 0.25) is 0 Å². The Morgan fingerprint density at radius 2 is 2.07 bits per heavy atom. The number of hydrogen-bond acceptors (Lipinski definition) is 3. The van der Waals surface area contributed by atoms with Gasteiger partial charge >= 0.3 is 5.97 Å².